The molecule has 0 fully saturated rings. The summed E-state index contributed by atoms with van der Waals surface area (Å²) in [4.78, 5) is 0. The van der Waals surface area contributed by atoms with Crippen molar-refractivity contribution >= 4 is 63.4 Å². The van der Waals surface area contributed by atoms with E-state index in [9.17, 15) is 15.3 Å². The molecule has 0 bridgehead atoms. The SMILES string of the molecule is CC(C)[O-].CC(C)[O-].CC(C)[O-].CC1=C(C)[C]([Ti+3])([Si](c2cc(C)cc([Si](C)(C)C)c2)(c2cc(C)cc([Si](C)(C)C)c2)c2cc(C)cc([Si](C)(C)C)c2)C(C)=C1C. The molecule has 3 nitrogen and oxygen atoms in total. The van der Waals surface area contributed by atoms with Crippen molar-refractivity contribution in [2.45, 2.75) is 171 Å². The van der Waals surface area contributed by atoms with Crippen LogP contribution in [0.15, 0.2) is 76.9 Å². The molecular formula is C48H78O3Si4Ti. The standard InChI is InChI=1S/C39H57Si4.3C3H7O.Ti/c1-26-17-33(40(8,9)10)23-36(20-26)43(39-31(6)29(4)30(5)32(39)7,37-21-27(2)18-34(24-37)41(11,12)13)38-22-28(3)19-35(25-38)42(14,15)16;3*1-3(2)4;/h17-25H,1-16H3;3*3H,1-2H3;/q;3*-1;+3. The van der Waals surface area contributed by atoms with Crippen LogP contribution in [0.25, 0.3) is 0 Å². The van der Waals surface area contributed by atoms with E-state index in [4.69, 9.17) is 0 Å². The van der Waals surface area contributed by atoms with Crippen molar-refractivity contribution in [2.24, 2.45) is 0 Å². The van der Waals surface area contributed by atoms with Gasteiger partial charge in [0.1, 0.15) is 0 Å². The van der Waals surface area contributed by atoms with Gasteiger partial charge in [-0.1, -0.05) is 41.5 Å². The molecule has 0 N–H and O–H groups in total. The Morgan fingerprint density at radius 2 is 0.571 bits per heavy atom. The van der Waals surface area contributed by atoms with Gasteiger partial charge in [0, 0.05) is 0 Å². The van der Waals surface area contributed by atoms with E-state index >= 15 is 0 Å². The predicted molar refractivity (Wildman–Crippen MR) is 252 cm³/mol. The fourth-order valence-electron chi connectivity index (χ4n) is 7.42. The first-order valence-corrected chi connectivity index (χ1v) is 33.9. The molecule has 0 heterocycles. The number of allylic oxidation sites excluding steroid dienone is 4. The molecule has 0 aliphatic heterocycles. The molecule has 8 heteroatoms. The van der Waals surface area contributed by atoms with Crippen LogP contribution in [0, 0.1) is 20.8 Å². The molecule has 3 aromatic rings. The fraction of sp³-hybridized carbons (Fsp3) is 0.542. The molecule has 308 valence electrons. The molecule has 56 heavy (non-hydrogen) atoms. The van der Waals surface area contributed by atoms with Gasteiger partial charge >= 0.3 is 288 Å². The minimum absolute atomic E-state index is 0.0966. The Hall–Kier alpha value is -1.40. The van der Waals surface area contributed by atoms with Crippen LogP contribution >= 0.6 is 0 Å². The van der Waals surface area contributed by atoms with Crippen LogP contribution in [0.1, 0.15) is 85.9 Å². The second-order valence-electron chi connectivity index (χ2n) is 20.2. The zero-order valence-corrected chi connectivity index (χ0v) is 45.2. The van der Waals surface area contributed by atoms with Crippen molar-refractivity contribution < 1.29 is 35.8 Å². The maximum absolute atomic E-state index is 9.53. The van der Waals surface area contributed by atoms with Crippen LogP contribution in [0.4, 0.5) is 0 Å². The topological polar surface area (TPSA) is 69.2 Å². The Kier molecular flexibility index (Phi) is 19.0. The Balaban J connectivity index is 0.00000115. The van der Waals surface area contributed by atoms with Gasteiger partial charge in [-0.15, -0.1) is 18.3 Å². The summed E-state index contributed by atoms with van der Waals surface area (Å²) in [6.07, 6.45) is -1.25. The number of hydrogen-bond acceptors (Lipinski definition) is 3. The van der Waals surface area contributed by atoms with Gasteiger partial charge in [-0.05, 0) is 0 Å². The average molecular weight is 863 g/mol. The summed E-state index contributed by atoms with van der Waals surface area (Å²) < 4.78 is -0.0966. The molecule has 0 unspecified atom stereocenters. The van der Waals surface area contributed by atoms with E-state index in [-0.39, 0.29) is 3.34 Å². The normalized spacial score (nSPS) is 14.8. The summed E-state index contributed by atoms with van der Waals surface area (Å²) in [5.74, 6) is 0. The molecule has 4 rings (SSSR count). The van der Waals surface area contributed by atoms with Gasteiger partial charge in [-0.3, -0.25) is 0 Å². The van der Waals surface area contributed by atoms with Crippen molar-refractivity contribution in [2.75, 3.05) is 0 Å². The first kappa shape index (κ1) is 52.6. The molecule has 0 saturated carbocycles. The first-order valence-electron chi connectivity index (χ1n) is 20.6. The van der Waals surface area contributed by atoms with Crippen molar-refractivity contribution in [3.8, 4) is 0 Å². The van der Waals surface area contributed by atoms with Gasteiger partial charge in [-0.2, -0.15) is 0 Å². The van der Waals surface area contributed by atoms with Gasteiger partial charge in [0.05, 0.1) is 0 Å². The van der Waals surface area contributed by atoms with Gasteiger partial charge < -0.3 is 15.3 Å². The number of aryl methyl sites for hydroxylation is 3. The summed E-state index contributed by atoms with van der Waals surface area (Å²) >= 11 is 2.65. The molecular weight excluding hydrogens is 785 g/mol. The van der Waals surface area contributed by atoms with Crippen molar-refractivity contribution in [3.05, 3.63) is 93.6 Å². The van der Waals surface area contributed by atoms with Crippen LogP contribution in [-0.4, -0.2) is 50.6 Å². The summed E-state index contributed by atoms with van der Waals surface area (Å²) in [7, 11) is -7.58. The van der Waals surface area contributed by atoms with Gasteiger partial charge in [0.2, 0.25) is 0 Å². The van der Waals surface area contributed by atoms with Crippen molar-refractivity contribution in [1.82, 2.24) is 0 Å². The quantitative estimate of drug-likeness (QED) is 0.192. The molecule has 0 spiro atoms. The Morgan fingerprint density at radius 3 is 0.750 bits per heavy atom. The molecule has 0 amide bonds. The van der Waals surface area contributed by atoms with E-state index in [2.05, 4.69) is 182 Å². The van der Waals surface area contributed by atoms with Gasteiger partial charge in [0.15, 0.2) is 0 Å². The predicted octanol–water partition coefficient (Wildman–Crippen LogP) is 6.91. The average Bonchev–Trinajstić information content (AvgIpc) is 3.14. The zero-order chi connectivity index (χ0) is 44.1. The monoisotopic (exact) mass is 862 g/mol. The Bertz CT molecular complexity index is 1650. The van der Waals surface area contributed by atoms with Crippen LogP contribution in [0.3, 0.4) is 0 Å². The Morgan fingerprint density at radius 1 is 0.393 bits per heavy atom. The first-order chi connectivity index (χ1) is 25.1. The van der Waals surface area contributed by atoms with E-state index < -0.39 is 50.6 Å². The van der Waals surface area contributed by atoms with E-state index in [1.807, 2.05) is 0 Å². The van der Waals surface area contributed by atoms with Crippen LogP contribution in [-0.2, 0) is 20.4 Å². The maximum atomic E-state index is 9.53. The summed E-state index contributed by atoms with van der Waals surface area (Å²) in [6.45, 7) is 49.1. The molecule has 0 atom stereocenters. The second kappa shape index (κ2) is 20.2. The van der Waals surface area contributed by atoms with E-state index in [0.29, 0.717) is 0 Å². The summed E-state index contributed by atoms with van der Waals surface area (Å²) in [5.41, 5.74) is 10.4. The number of benzene rings is 3. The number of hydrogen-bond donors (Lipinski definition) is 0. The second-order valence-corrected chi connectivity index (χ2v) is 41.3. The van der Waals surface area contributed by atoms with E-state index in [1.54, 1.807) is 83.8 Å². The van der Waals surface area contributed by atoms with Gasteiger partial charge in [-0.25, -0.2) is 0 Å². The molecule has 1 aliphatic carbocycles. The van der Waals surface area contributed by atoms with Crippen molar-refractivity contribution in [1.29, 1.82) is 0 Å². The molecule has 0 saturated heterocycles. The van der Waals surface area contributed by atoms with Crippen LogP contribution in [0.2, 0.25) is 62.3 Å². The third-order valence-electron chi connectivity index (χ3n) is 10.5. The molecule has 0 radical (unpaired) electrons. The fourth-order valence-corrected chi connectivity index (χ4v) is 20.5. The third kappa shape index (κ3) is 13.0. The molecule has 1 aliphatic rings. The van der Waals surface area contributed by atoms with Gasteiger partial charge in [0.25, 0.3) is 0 Å². The van der Waals surface area contributed by atoms with Crippen LogP contribution in [0.5, 0.6) is 0 Å². The van der Waals surface area contributed by atoms with Crippen molar-refractivity contribution in [3.63, 3.8) is 0 Å². The molecule has 0 aromatic heterocycles. The van der Waals surface area contributed by atoms with E-state index in [0.717, 1.165) is 0 Å². The van der Waals surface area contributed by atoms with E-state index in [1.165, 1.54) is 27.8 Å². The third-order valence-corrected chi connectivity index (χ3v) is 24.8. The van der Waals surface area contributed by atoms with Crippen LogP contribution < -0.4 is 46.4 Å². The zero-order valence-electron chi connectivity index (χ0n) is 39.7. The molecule has 3 aromatic carbocycles. The minimum atomic E-state index is -2.80. The summed E-state index contributed by atoms with van der Waals surface area (Å²) in [5, 5.41) is 38.1. The number of rotatable bonds is 7. The summed E-state index contributed by atoms with van der Waals surface area (Å²) in [6, 6.07) is 23.4. The Labute approximate surface area is 361 Å².